The molecular formula is C21H30IN5O2. The molecule has 0 bridgehead atoms. The van der Waals surface area contributed by atoms with Gasteiger partial charge >= 0.3 is 0 Å². The summed E-state index contributed by atoms with van der Waals surface area (Å²) in [4.78, 5) is 25.0. The first-order valence-corrected chi connectivity index (χ1v) is 10.2. The first-order valence-electron chi connectivity index (χ1n) is 10.2. The van der Waals surface area contributed by atoms with Gasteiger partial charge in [0.25, 0.3) is 5.91 Å². The van der Waals surface area contributed by atoms with Crippen LogP contribution in [0.25, 0.3) is 10.9 Å². The Morgan fingerprint density at radius 1 is 1.24 bits per heavy atom. The lowest BCUT2D eigenvalue weighted by Gasteiger charge is -2.37. The molecule has 2 fully saturated rings. The van der Waals surface area contributed by atoms with Crippen molar-refractivity contribution in [1.82, 2.24) is 20.1 Å². The maximum Gasteiger partial charge on any atom is 0.251 e. The lowest BCUT2D eigenvalue weighted by molar-refractivity contribution is -0.142. The fourth-order valence-corrected chi connectivity index (χ4v) is 3.92. The zero-order valence-electron chi connectivity index (χ0n) is 16.9. The Morgan fingerprint density at radius 2 is 2.00 bits per heavy atom. The number of hydrogen-bond donors (Lipinski definition) is 2. The number of fused-ring (bicyclic) bond motifs is 1. The van der Waals surface area contributed by atoms with Crippen LogP contribution in [0.15, 0.2) is 35.3 Å². The summed E-state index contributed by atoms with van der Waals surface area (Å²) >= 11 is 0. The number of H-pyrrole nitrogens is 1. The molecule has 4 rings (SSSR count). The molecule has 29 heavy (non-hydrogen) atoms. The highest BCUT2D eigenvalue weighted by molar-refractivity contribution is 14.0. The van der Waals surface area contributed by atoms with E-state index in [0.29, 0.717) is 13.2 Å². The number of aliphatic imine (C=N–C) groups is 1. The highest BCUT2D eigenvalue weighted by Crippen LogP contribution is 2.17. The second-order valence-electron chi connectivity index (χ2n) is 7.37. The van der Waals surface area contributed by atoms with Crippen molar-refractivity contribution in [3.63, 3.8) is 0 Å². The summed E-state index contributed by atoms with van der Waals surface area (Å²) in [6.07, 6.45) is 1.62. The average Bonchev–Trinajstić information content (AvgIpc) is 3.40. The summed E-state index contributed by atoms with van der Waals surface area (Å²) < 4.78 is 5.55. The van der Waals surface area contributed by atoms with Crippen molar-refractivity contribution in [2.24, 2.45) is 4.99 Å². The number of halogens is 1. The van der Waals surface area contributed by atoms with Gasteiger partial charge in [-0.2, -0.15) is 0 Å². The highest BCUT2D eigenvalue weighted by atomic mass is 127. The molecule has 2 aromatic rings. The van der Waals surface area contributed by atoms with Crippen LogP contribution >= 0.6 is 24.0 Å². The van der Waals surface area contributed by atoms with Crippen LogP contribution in [0.3, 0.4) is 0 Å². The third-order valence-electron chi connectivity index (χ3n) is 5.42. The summed E-state index contributed by atoms with van der Waals surface area (Å²) in [7, 11) is 0. The maximum absolute atomic E-state index is 12.5. The molecule has 0 spiro atoms. The van der Waals surface area contributed by atoms with Crippen molar-refractivity contribution in [2.45, 2.75) is 32.4 Å². The van der Waals surface area contributed by atoms with E-state index in [-0.39, 0.29) is 36.0 Å². The maximum atomic E-state index is 12.5. The minimum atomic E-state index is -0.226. The summed E-state index contributed by atoms with van der Waals surface area (Å²) in [6.45, 7) is 7.22. The van der Waals surface area contributed by atoms with Gasteiger partial charge in [0.1, 0.15) is 6.10 Å². The molecule has 0 aliphatic carbocycles. The fourth-order valence-electron chi connectivity index (χ4n) is 3.92. The van der Waals surface area contributed by atoms with E-state index in [9.17, 15) is 4.79 Å². The van der Waals surface area contributed by atoms with E-state index >= 15 is 0 Å². The van der Waals surface area contributed by atoms with Crippen LogP contribution in [0.2, 0.25) is 0 Å². The zero-order chi connectivity index (χ0) is 19.3. The van der Waals surface area contributed by atoms with Crippen LogP contribution in [-0.2, 0) is 16.1 Å². The molecule has 1 unspecified atom stereocenters. The van der Waals surface area contributed by atoms with Crippen LogP contribution < -0.4 is 5.32 Å². The number of rotatable bonds is 4. The number of carbonyl (C=O) groups is 1. The third kappa shape index (κ3) is 5.22. The minimum absolute atomic E-state index is 0. The lowest BCUT2D eigenvalue weighted by Crippen LogP contribution is -2.55. The van der Waals surface area contributed by atoms with Crippen molar-refractivity contribution in [1.29, 1.82) is 0 Å². The van der Waals surface area contributed by atoms with Crippen molar-refractivity contribution in [3.05, 3.63) is 36.0 Å². The Morgan fingerprint density at radius 3 is 2.69 bits per heavy atom. The number of benzene rings is 1. The van der Waals surface area contributed by atoms with Gasteiger partial charge < -0.3 is 24.8 Å². The second-order valence-corrected chi connectivity index (χ2v) is 7.37. The molecule has 1 amide bonds. The fraction of sp³-hybridized carbons (Fsp3) is 0.524. The Balaban J connectivity index is 0.00000240. The first kappa shape index (κ1) is 21.9. The standard InChI is InChI=1S/C21H29N5O2.HI/c1-2-22-21(23-15-17-14-16-6-3-4-7-18(16)24-17)26-11-9-25(10-12-26)20(27)19-8-5-13-28-19;/h3-4,6-7,14,19,24H,2,5,8-13,15H2,1H3,(H,22,23);1H. The Kier molecular flexibility index (Phi) is 7.77. The predicted octanol–water partition coefficient (Wildman–Crippen LogP) is 2.57. The predicted molar refractivity (Wildman–Crippen MR) is 126 cm³/mol. The Hall–Kier alpha value is -1.81. The van der Waals surface area contributed by atoms with Gasteiger partial charge in [-0.25, -0.2) is 4.99 Å². The molecule has 2 N–H and O–H groups in total. The van der Waals surface area contributed by atoms with Crippen molar-refractivity contribution >= 4 is 46.7 Å². The summed E-state index contributed by atoms with van der Waals surface area (Å²) in [5.74, 6) is 1.06. The number of hydrogen-bond acceptors (Lipinski definition) is 3. The topological polar surface area (TPSA) is 73.0 Å². The van der Waals surface area contributed by atoms with E-state index in [0.717, 1.165) is 62.7 Å². The van der Waals surface area contributed by atoms with E-state index in [1.165, 1.54) is 5.39 Å². The lowest BCUT2D eigenvalue weighted by atomic mass is 10.2. The molecule has 2 aliphatic rings. The minimum Gasteiger partial charge on any atom is -0.368 e. The van der Waals surface area contributed by atoms with E-state index < -0.39 is 0 Å². The number of aromatic nitrogens is 1. The van der Waals surface area contributed by atoms with E-state index in [2.05, 4.69) is 40.3 Å². The molecule has 1 aromatic heterocycles. The molecule has 1 aromatic carbocycles. The summed E-state index contributed by atoms with van der Waals surface area (Å²) in [6, 6.07) is 10.4. The largest absolute Gasteiger partial charge is 0.368 e. The normalized spacial score (nSPS) is 20.0. The second kappa shape index (κ2) is 10.3. The van der Waals surface area contributed by atoms with Gasteiger partial charge in [0.2, 0.25) is 0 Å². The number of piperazine rings is 1. The van der Waals surface area contributed by atoms with Crippen molar-refractivity contribution in [3.8, 4) is 0 Å². The monoisotopic (exact) mass is 511 g/mol. The number of carbonyl (C=O) groups excluding carboxylic acids is 1. The van der Waals surface area contributed by atoms with E-state index in [1.54, 1.807) is 0 Å². The zero-order valence-corrected chi connectivity index (χ0v) is 19.2. The summed E-state index contributed by atoms with van der Waals surface area (Å²) in [5, 5.41) is 4.60. The van der Waals surface area contributed by atoms with Crippen molar-refractivity contribution < 1.29 is 9.53 Å². The average molecular weight is 511 g/mol. The van der Waals surface area contributed by atoms with Gasteiger partial charge in [0.15, 0.2) is 5.96 Å². The van der Waals surface area contributed by atoms with E-state index in [1.807, 2.05) is 17.0 Å². The number of aromatic amines is 1. The van der Waals surface area contributed by atoms with Crippen molar-refractivity contribution in [2.75, 3.05) is 39.3 Å². The number of para-hydroxylation sites is 1. The number of ether oxygens (including phenoxy) is 1. The number of nitrogens with zero attached hydrogens (tertiary/aromatic N) is 3. The molecule has 2 aliphatic heterocycles. The van der Waals surface area contributed by atoms with Gasteiger partial charge in [0.05, 0.1) is 6.54 Å². The number of guanidine groups is 1. The molecule has 1 atom stereocenters. The van der Waals surface area contributed by atoms with Gasteiger partial charge in [-0.05, 0) is 37.3 Å². The highest BCUT2D eigenvalue weighted by Gasteiger charge is 2.30. The number of nitrogens with one attached hydrogen (secondary N) is 2. The van der Waals surface area contributed by atoms with Gasteiger partial charge in [-0.1, -0.05) is 18.2 Å². The summed E-state index contributed by atoms with van der Waals surface area (Å²) in [5.41, 5.74) is 2.24. The molecule has 7 nitrogen and oxygen atoms in total. The Labute approximate surface area is 188 Å². The van der Waals surface area contributed by atoms with Gasteiger partial charge in [-0.15, -0.1) is 24.0 Å². The van der Waals surface area contributed by atoms with Crippen LogP contribution in [0.4, 0.5) is 0 Å². The quantitative estimate of drug-likeness (QED) is 0.376. The molecule has 8 heteroatoms. The van der Waals surface area contributed by atoms with Crippen LogP contribution in [0, 0.1) is 0 Å². The molecule has 0 radical (unpaired) electrons. The van der Waals surface area contributed by atoms with Crippen LogP contribution in [0.1, 0.15) is 25.5 Å². The Bertz CT molecular complexity index is 805. The third-order valence-corrected chi connectivity index (χ3v) is 5.42. The smallest absolute Gasteiger partial charge is 0.251 e. The van der Waals surface area contributed by atoms with Gasteiger partial charge in [-0.3, -0.25) is 4.79 Å². The molecule has 0 saturated carbocycles. The molecule has 2 saturated heterocycles. The molecular weight excluding hydrogens is 481 g/mol. The first-order chi connectivity index (χ1) is 13.7. The number of amides is 1. The van der Waals surface area contributed by atoms with Crippen LogP contribution in [0.5, 0.6) is 0 Å². The van der Waals surface area contributed by atoms with E-state index in [4.69, 9.17) is 9.73 Å². The molecule has 158 valence electrons. The van der Waals surface area contributed by atoms with Crippen LogP contribution in [-0.4, -0.2) is 72.1 Å². The SMILES string of the molecule is CCNC(=NCc1cc2ccccc2[nH]1)N1CCN(C(=O)C2CCCO2)CC1.I. The van der Waals surface area contributed by atoms with Gasteiger partial charge in [0, 0.05) is 50.5 Å². The molecule has 3 heterocycles.